The van der Waals surface area contributed by atoms with E-state index in [2.05, 4.69) is 5.32 Å². The number of carbonyl (C=O) groups is 4. The van der Waals surface area contributed by atoms with Gasteiger partial charge in [-0.3, -0.25) is 14.5 Å². The Labute approximate surface area is 123 Å². The standard InChI is InChI=1S/C13H21N3O5/c1-8(10(18)19)15(4)9(17)6-5-7-16-11(20)13(2,3)14-12(16)21/h8H,5-7H2,1-4H3,(H,14,21)(H,18,19)/t8-/m0/s1. The maximum atomic E-state index is 11.9. The van der Waals surface area contributed by atoms with Crippen molar-refractivity contribution in [3.05, 3.63) is 0 Å². The zero-order valence-electron chi connectivity index (χ0n) is 12.7. The fraction of sp³-hybridized carbons (Fsp3) is 0.692. The Morgan fingerprint density at radius 2 is 1.95 bits per heavy atom. The minimum atomic E-state index is -1.08. The first kappa shape index (κ1) is 16.9. The zero-order chi connectivity index (χ0) is 16.4. The number of aliphatic carboxylic acids is 1. The number of hydrogen-bond donors (Lipinski definition) is 2. The summed E-state index contributed by atoms with van der Waals surface area (Å²) in [4.78, 5) is 48.4. The SMILES string of the molecule is C[C@@H](C(=O)O)N(C)C(=O)CCCN1C(=O)NC(C)(C)C1=O. The van der Waals surface area contributed by atoms with Crippen molar-refractivity contribution in [1.29, 1.82) is 0 Å². The number of nitrogens with zero attached hydrogens (tertiary/aromatic N) is 2. The van der Waals surface area contributed by atoms with Crippen LogP contribution in [-0.4, -0.2) is 63.9 Å². The second-order valence-corrected chi connectivity index (χ2v) is 5.63. The topological polar surface area (TPSA) is 107 Å². The number of urea groups is 1. The van der Waals surface area contributed by atoms with E-state index < -0.39 is 23.6 Å². The van der Waals surface area contributed by atoms with E-state index in [-0.39, 0.29) is 24.8 Å². The predicted octanol–water partition coefficient (Wildman–Crippen LogP) is 0.0285. The molecule has 0 saturated carbocycles. The smallest absolute Gasteiger partial charge is 0.326 e. The molecule has 1 fully saturated rings. The van der Waals surface area contributed by atoms with Crippen LogP contribution in [0.25, 0.3) is 0 Å². The van der Waals surface area contributed by atoms with Gasteiger partial charge in [-0.25, -0.2) is 9.59 Å². The molecule has 8 nitrogen and oxygen atoms in total. The highest BCUT2D eigenvalue weighted by molar-refractivity contribution is 6.06. The van der Waals surface area contributed by atoms with Crippen molar-refractivity contribution < 1.29 is 24.3 Å². The molecule has 1 aliphatic rings. The van der Waals surface area contributed by atoms with E-state index in [0.717, 1.165) is 9.80 Å². The summed E-state index contributed by atoms with van der Waals surface area (Å²) in [6.07, 6.45) is 0.371. The first-order valence-corrected chi connectivity index (χ1v) is 6.70. The van der Waals surface area contributed by atoms with Crippen molar-refractivity contribution in [2.45, 2.75) is 45.2 Å². The number of carbonyl (C=O) groups excluding carboxylic acids is 3. The van der Waals surface area contributed by atoms with Gasteiger partial charge < -0.3 is 15.3 Å². The molecule has 0 aromatic rings. The van der Waals surface area contributed by atoms with Crippen LogP contribution in [0.5, 0.6) is 0 Å². The lowest BCUT2D eigenvalue weighted by Crippen LogP contribution is -2.41. The number of imide groups is 1. The number of carboxylic acid groups (broad SMARTS) is 1. The molecule has 21 heavy (non-hydrogen) atoms. The van der Waals surface area contributed by atoms with Crippen LogP contribution in [0.1, 0.15) is 33.6 Å². The highest BCUT2D eigenvalue weighted by Gasteiger charge is 2.43. The predicted molar refractivity (Wildman–Crippen MR) is 73.4 cm³/mol. The quantitative estimate of drug-likeness (QED) is 0.673. The van der Waals surface area contributed by atoms with Crippen molar-refractivity contribution in [3.63, 3.8) is 0 Å². The third kappa shape index (κ3) is 3.71. The Morgan fingerprint density at radius 3 is 2.38 bits per heavy atom. The van der Waals surface area contributed by atoms with Gasteiger partial charge in [0.05, 0.1) is 0 Å². The Morgan fingerprint density at radius 1 is 1.38 bits per heavy atom. The van der Waals surface area contributed by atoms with Gasteiger partial charge in [-0.1, -0.05) is 0 Å². The molecule has 0 unspecified atom stereocenters. The molecule has 1 atom stereocenters. The van der Waals surface area contributed by atoms with Crippen molar-refractivity contribution >= 4 is 23.8 Å². The molecule has 118 valence electrons. The van der Waals surface area contributed by atoms with Gasteiger partial charge in [0.25, 0.3) is 5.91 Å². The number of rotatable bonds is 6. The van der Waals surface area contributed by atoms with Gasteiger partial charge in [-0.2, -0.15) is 0 Å². The Hall–Kier alpha value is -2.12. The number of likely N-dealkylation sites (N-methyl/N-ethyl adjacent to an activating group) is 1. The number of nitrogens with one attached hydrogen (secondary N) is 1. The largest absolute Gasteiger partial charge is 0.480 e. The highest BCUT2D eigenvalue weighted by Crippen LogP contribution is 2.17. The van der Waals surface area contributed by atoms with Gasteiger partial charge in [0.2, 0.25) is 5.91 Å². The van der Waals surface area contributed by atoms with Crippen LogP contribution in [0.3, 0.4) is 0 Å². The number of hydrogen-bond acceptors (Lipinski definition) is 4. The second kappa shape index (κ2) is 6.11. The fourth-order valence-electron chi connectivity index (χ4n) is 1.97. The zero-order valence-corrected chi connectivity index (χ0v) is 12.7. The van der Waals surface area contributed by atoms with E-state index >= 15 is 0 Å². The summed E-state index contributed by atoms with van der Waals surface area (Å²) in [5, 5.41) is 11.4. The maximum absolute atomic E-state index is 11.9. The lowest BCUT2D eigenvalue weighted by Gasteiger charge is -2.22. The van der Waals surface area contributed by atoms with Crippen LogP contribution in [-0.2, 0) is 14.4 Å². The van der Waals surface area contributed by atoms with E-state index in [1.54, 1.807) is 13.8 Å². The first-order valence-electron chi connectivity index (χ1n) is 6.70. The molecule has 0 radical (unpaired) electrons. The molecule has 8 heteroatoms. The van der Waals surface area contributed by atoms with Crippen LogP contribution in [0.4, 0.5) is 4.79 Å². The lowest BCUT2D eigenvalue weighted by atomic mass is 10.1. The molecular formula is C13H21N3O5. The van der Waals surface area contributed by atoms with Crippen LogP contribution < -0.4 is 5.32 Å². The van der Waals surface area contributed by atoms with Gasteiger partial charge in [0.1, 0.15) is 11.6 Å². The molecule has 2 N–H and O–H groups in total. The third-order valence-electron chi connectivity index (χ3n) is 3.55. The van der Waals surface area contributed by atoms with E-state index in [9.17, 15) is 19.2 Å². The van der Waals surface area contributed by atoms with E-state index in [4.69, 9.17) is 5.11 Å². The third-order valence-corrected chi connectivity index (χ3v) is 3.55. The minimum absolute atomic E-state index is 0.0750. The van der Waals surface area contributed by atoms with Crippen LogP contribution in [0.2, 0.25) is 0 Å². The van der Waals surface area contributed by atoms with Crippen molar-refractivity contribution in [3.8, 4) is 0 Å². The van der Waals surface area contributed by atoms with Crippen molar-refractivity contribution in [1.82, 2.24) is 15.1 Å². The van der Waals surface area contributed by atoms with E-state index in [0.29, 0.717) is 6.42 Å². The van der Waals surface area contributed by atoms with Crippen LogP contribution >= 0.6 is 0 Å². The summed E-state index contributed by atoms with van der Waals surface area (Å²) >= 11 is 0. The Kier molecular flexibility index (Phi) is 4.93. The van der Waals surface area contributed by atoms with Gasteiger partial charge >= 0.3 is 12.0 Å². The molecule has 0 bridgehead atoms. The molecule has 1 heterocycles. The first-order chi connectivity index (χ1) is 9.58. The molecule has 1 aliphatic heterocycles. The van der Waals surface area contributed by atoms with Gasteiger partial charge in [-0.05, 0) is 27.2 Å². The second-order valence-electron chi connectivity index (χ2n) is 5.63. The Balaban J connectivity index is 2.47. The number of carboxylic acids is 1. The molecule has 1 rings (SSSR count). The lowest BCUT2D eigenvalue weighted by molar-refractivity contribution is -0.148. The van der Waals surface area contributed by atoms with Gasteiger partial charge in [0.15, 0.2) is 0 Å². The van der Waals surface area contributed by atoms with Gasteiger partial charge in [-0.15, -0.1) is 0 Å². The van der Waals surface area contributed by atoms with Crippen LogP contribution in [0, 0.1) is 0 Å². The van der Waals surface area contributed by atoms with Gasteiger partial charge in [0, 0.05) is 20.0 Å². The molecule has 4 amide bonds. The highest BCUT2D eigenvalue weighted by atomic mass is 16.4. The summed E-state index contributed by atoms with van der Waals surface area (Å²) in [5.74, 6) is -1.75. The summed E-state index contributed by atoms with van der Waals surface area (Å²) < 4.78 is 0. The summed E-state index contributed by atoms with van der Waals surface area (Å²) in [6.45, 7) is 4.77. The average Bonchev–Trinajstić information content (AvgIpc) is 2.58. The monoisotopic (exact) mass is 299 g/mol. The van der Waals surface area contributed by atoms with Crippen molar-refractivity contribution in [2.75, 3.05) is 13.6 Å². The summed E-state index contributed by atoms with van der Waals surface area (Å²) in [6, 6.07) is -1.38. The van der Waals surface area contributed by atoms with E-state index in [1.807, 2.05) is 0 Å². The van der Waals surface area contributed by atoms with E-state index in [1.165, 1.54) is 14.0 Å². The normalized spacial score (nSPS) is 18.4. The summed E-state index contributed by atoms with van der Waals surface area (Å²) in [5.41, 5.74) is -0.921. The van der Waals surface area contributed by atoms with Crippen LogP contribution in [0.15, 0.2) is 0 Å². The summed E-state index contributed by atoms with van der Waals surface area (Å²) in [7, 11) is 1.41. The number of amides is 4. The molecule has 0 spiro atoms. The Bertz CT molecular complexity index is 474. The van der Waals surface area contributed by atoms with Crippen molar-refractivity contribution in [2.24, 2.45) is 0 Å². The molecule has 1 saturated heterocycles. The fourth-order valence-corrected chi connectivity index (χ4v) is 1.97. The average molecular weight is 299 g/mol. The molecular weight excluding hydrogens is 278 g/mol. The molecule has 0 aromatic heterocycles. The molecule has 0 aromatic carbocycles. The maximum Gasteiger partial charge on any atom is 0.326 e. The molecule has 0 aliphatic carbocycles. The minimum Gasteiger partial charge on any atom is -0.480 e.